The highest BCUT2D eigenvalue weighted by Gasteiger charge is 2.10. The number of hydrogen-bond donors (Lipinski definition) is 1. The van der Waals surface area contributed by atoms with Crippen molar-refractivity contribution in [1.82, 2.24) is 4.98 Å². The molecule has 4 nitrogen and oxygen atoms in total. The SMILES string of the molecule is O=C(/C=C/c1ccccc1)Nc1ccc2oc(-c3cccc(Cl)c3)nc2c1. The molecule has 0 saturated carbocycles. The van der Waals surface area contributed by atoms with E-state index < -0.39 is 0 Å². The Bertz CT molecular complexity index is 1130. The van der Waals surface area contributed by atoms with Crippen molar-refractivity contribution in [2.24, 2.45) is 0 Å². The Morgan fingerprint density at radius 1 is 1.00 bits per heavy atom. The molecule has 0 aliphatic rings. The van der Waals surface area contributed by atoms with E-state index in [1.165, 1.54) is 6.08 Å². The average Bonchev–Trinajstić information content (AvgIpc) is 3.11. The van der Waals surface area contributed by atoms with Gasteiger partial charge in [0.15, 0.2) is 5.58 Å². The predicted octanol–water partition coefficient (Wildman–Crippen LogP) is 5.80. The number of carbonyl (C=O) groups excluding carboxylic acids is 1. The lowest BCUT2D eigenvalue weighted by Crippen LogP contribution is -2.07. The van der Waals surface area contributed by atoms with Crippen LogP contribution in [0.4, 0.5) is 5.69 Å². The quantitative estimate of drug-likeness (QED) is 0.459. The van der Waals surface area contributed by atoms with Crippen molar-refractivity contribution >= 4 is 40.4 Å². The number of rotatable bonds is 4. The van der Waals surface area contributed by atoms with E-state index in [0.717, 1.165) is 11.1 Å². The van der Waals surface area contributed by atoms with Gasteiger partial charge in [-0.3, -0.25) is 4.79 Å². The van der Waals surface area contributed by atoms with Gasteiger partial charge in [-0.15, -0.1) is 0 Å². The topological polar surface area (TPSA) is 55.1 Å². The largest absolute Gasteiger partial charge is 0.436 e. The van der Waals surface area contributed by atoms with E-state index in [-0.39, 0.29) is 5.91 Å². The van der Waals surface area contributed by atoms with Gasteiger partial charge < -0.3 is 9.73 Å². The molecule has 27 heavy (non-hydrogen) atoms. The maximum atomic E-state index is 12.1. The summed E-state index contributed by atoms with van der Waals surface area (Å²) in [6.45, 7) is 0. The van der Waals surface area contributed by atoms with Crippen LogP contribution in [0.15, 0.2) is 83.3 Å². The summed E-state index contributed by atoms with van der Waals surface area (Å²) < 4.78 is 5.78. The third-order valence-corrected chi connectivity index (χ3v) is 4.19. The summed E-state index contributed by atoms with van der Waals surface area (Å²) in [5.74, 6) is 0.275. The number of halogens is 1. The van der Waals surface area contributed by atoms with Crippen molar-refractivity contribution in [2.45, 2.75) is 0 Å². The zero-order valence-electron chi connectivity index (χ0n) is 14.2. The lowest BCUT2D eigenvalue weighted by Gasteiger charge is -2.01. The Morgan fingerprint density at radius 2 is 1.85 bits per heavy atom. The molecule has 0 bridgehead atoms. The molecule has 1 aromatic heterocycles. The fraction of sp³-hybridized carbons (Fsp3) is 0. The van der Waals surface area contributed by atoms with Gasteiger partial charge in [-0.2, -0.15) is 0 Å². The monoisotopic (exact) mass is 374 g/mol. The van der Waals surface area contributed by atoms with Gasteiger partial charge in [0.2, 0.25) is 11.8 Å². The van der Waals surface area contributed by atoms with E-state index >= 15 is 0 Å². The van der Waals surface area contributed by atoms with Crippen molar-refractivity contribution < 1.29 is 9.21 Å². The van der Waals surface area contributed by atoms with Gasteiger partial charge in [0, 0.05) is 22.3 Å². The maximum absolute atomic E-state index is 12.1. The van der Waals surface area contributed by atoms with Crippen molar-refractivity contribution in [3.8, 4) is 11.5 Å². The van der Waals surface area contributed by atoms with Gasteiger partial charge in [0.25, 0.3) is 0 Å². The average molecular weight is 375 g/mol. The molecule has 5 heteroatoms. The van der Waals surface area contributed by atoms with Crippen LogP contribution in [-0.4, -0.2) is 10.9 Å². The molecule has 132 valence electrons. The van der Waals surface area contributed by atoms with Crippen LogP contribution < -0.4 is 5.32 Å². The van der Waals surface area contributed by atoms with Crippen molar-refractivity contribution in [2.75, 3.05) is 5.32 Å². The zero-order chi connectivity index (χ0) is 18.6. The molecule has 4 aromatic rings. The summed E-state index contributed by atoms with van der Waals surface area (Å²) in [5, 5.41) is 3.45. The Kier molecular flexibility index (Phi) is 4.73. The Morgan fingerprint density at radius 3 is 2.67 bits per heavy atom. The molecule has 3 aromatic carbocycles. The van der Waals surface area contributed by atoms with Crippen molar-refractivity contribution in [3.63, 3.8) is 0 Å². The third-order valence-electron chi connectivity index (χ3n) is 3.95. The summed E-state index contributed by atoms with van der Waals surface area (Å²) >= 11 is 6.03. The van der Waals surface area contributed by atoms with Gasteiger partial charge in [0.05, 0.1) is 0 Å². The number of fused-ring (bicyclic) bond motifs is 1. The predicted molar refractivity (Wildman–Crippen MR) is 109 cm³/mol. The first kappa shape index (κ1) is 17.1. The number of nitrogens with one attached hydrogen (secondary N) is 1. The first-order valence-electron chi connectivity index (χ1n) is 8.38. The molecule has 1 heterocycles. The molecular formula is C22H15ClN2O2. The van der Waals surface area contributed by atoms with Crippen molar-refractivity contribution in [3.05, 3.63) is 89.5 Å². The first-order valence-corrected chi connectivity index (χ1v) is 8.76. The highest BCUT2D eigenvalue weighted by atomic mass is 35.5. The molecule has 4 rings (SSSR count). The summed E-state index contributed by atoms with van der Waals surface area (Å²) in [6, 6.07) is 22.3. The number of aromatic nitrogens is 1. The minimum Gasteiger partial charge on any atom is -0.436 e. The van der Waals surface area contributed by atoms with Crippen LogP contribution in [0.3, 0.4) is 0 Å². The lowest BCUT2D eigenvalue weighted by molar-refractivity contribution is -0.111. The molecule has 0 radical (unpaired) electrons. The van der Waals surface area contributed by atoms with Gasteiger partial charge in [-0.1, -0.05) is 48.0 Å². The Hall–Kier alpha value is -3.37. The first-order chi connectivity index (χ1) is 13.2. The molecule has 0 atom stereocenters. The van der Waals surface area contributed by atoms with E-state index in [0.29, 0.717) is 27.7 Å². The number of anilines is 1. The van der Waals surface area contributed by atoms with Crippen LogP contribution in [0.5, 0.6) is 0 Å². The number of nitrogens with zero attached hydrogens (tertiary/aromatic N) is 1. The summed E-state index contributed by atoms with van der Waals surface area (Å²) in [6.07, 6.45) is 3.26. The van der Waals surface area contributed by atoms with E-state index in [2.05, 4.69) is 10.3 Å². The number of hydrogen-bond acceptors (Lipinski definition) is 3. The Balaban J connectivity index is 1.53. The molecular weight excluding hydrogens is 360 g/mol. The summed E-state index contributed by atoms with van der Waals surface area (Å²) in [7, 11) is 0. The normalized spacial score (nSPS) is 11.1. The van der Waals surface area contributed by atoms with Crippen LogP contribution in [-0.2, 0) is 4.79 Å². The molecule has 0 aliphatic carbocycles. The van der Waals surface area contributed by atoms with Crippen LogP contribution in [0.25, 0.3) is 28.6 Å². The standard InChI is InChI=1S/C22H15ClN2O2/c23-17-8-4-7-16(13-17)22-25-19-14-18(10-11-20(19)27-22)24-21(26)12-9-15-5-2-1-3-6-15/h1-14H,(H,24,26)/b12-9+. The molecule has 0 aliphatic heterocycles. The van der Waals surface area contributed by atoms with Gasteiger partial charge >= 0.3 is 0 Å². The molecule has 0 fully saturated rings. The van der Waals surface area contributed by atoms with Crippen molar-refractivity contribution in [1.29, 1.82) is 0 Å². The van der Waals surface area contributed by atoms with Crippen LogP contribution >= 0.6 is 11.6 Å². The fourth-order valence-electron chi connectivity index (χ4n) is 2.67. The molecule has 1 N–H and O–H groups in total. The molecule has 1 amide bonds. The number of oxazole rings is 1. The smallest absolute Gasteiger partial charge is 0.248 e. The highest BCUT2D eigenvalue weighted by molar-refractivity contribution is 6.30. The third kappa shape index (κ3) is 4.07. The van der Waals surface area contributed by atoms with E-state index in [4.69, 9.17) is 16.0 Å². The van der Waals surface area contributed by atoms with Gasteiger partial charge in [0.1, 0.15) is 5.52 Å². The van der Waals surface area contributed by atoms with E-state index in [9.17, 15) is 4.79 Å². The van der Waals surface area contributed by atoms with Gasteiger partial charge in [-0.05, 0) is 48.0 Å². The van der Waals surface area contributed by atoms with Gasteiger partial charge in [-0.25, -0.2) is 4.98 Å². The van der Waals surface area contributed by atoms with E-state index in [1.54, 1.807) is 36.4 Å². The highest BCUT2D eigenvalue weighted by Crippen LogP contribution is 2.27. The zero-order valence-corrected chi connectivity index (χ0v) is 15.0. The second kappa shape index (κ2) is 7.48. The molecule has 0 spiro atoms. The number of carbonyl (C=O) groups is 1. The Labute approximate surface area is 161 Å². The fourth-order valence-corrected chi connectivity index (χ4v) is 2.86. The molecule has 0 saturated heterocycles. The summed E-state index contributed by atoms with van der Waals surface area (Å²) in [4.78, 5) is 16.6. The number of amides is 1. The number of benzene rings is 3. The second-order valence-corrected chi connectivity index (χ2v) is 6.38. The lowest BCUT2D eigenvalue weighted by atomic mass is 10.2. The summed E-state index contributed by atoms with van der Waals surface area (Å²) in [5.41, 5.74) is 3.72. The second-order valence-electron chi connectivity index (χ2n) is 5.95. The van der Waals surface area contributed by atoms with Crippen LogP contribution in [0.2, 0.25) is 5.02 Å². The van der Waals surface area contributed by atoms with Crippen LogP contribution in [0, 0.1) is 0 Å². The minimum atomic E-state index is -0.211. The van der Waals surface area contributed by atoms with Crippen LogP contribution in [0.1, 0.15) is 5.56 Å². The molecule has 0 unspecified atom stereocenters. The maximum Gasteiger partial charge on any atom is 0.248 e. The van der Waals surface area contributed by atoms with E-state index in [1.807, 2.05) is 42.5 Å². The minimum absolute atomic E-state index is 0.211.